The van der Waals surface area contributed by atoms with Crippen LogP contribution in [-0.2, 0) is 6.42 Å². The van der Waals surface area contributed by atoms with E-state index < -0.39 is 22.8 Å². The lowest BCUT2D eigenvalue weighted by molar-refractivity contribution is 0.498. The fourth-order valence-corrected chi connectivity index (χ4v) is 2.43. The van der Waals surface area contributed by atoms with Crippen molar-refractivity contribution in [2.75, 3.05) is 0 Å². The van der Waals surface area contributed by atoms with E-state index in [0.717, 1.165) is 6.07 Å². The predicted molar refractivity (Wildman–Crippen MR) is 70.1 cm³/mol. The molecule has 0 nitrogen and oxygen atoms in total. The van der Waals surface area contributed by atoms with E-state index in [1.54, 1.807) is 6.07 Å². The maximum atomic E-state index is 13.5. The molecular weight excluding hydrogens is 296 g/mol. The zero-order chi connectivity index (χ0) is 14.0. The minimum Gasteiger partial charge on any atom is -0.205 e. The van der Waals surface area contributed by atoms with Crippen LogP contribution in [0.2, 0.25) is 5.02 Å². The van der Waals surface area contributed by atoms with E-state index in [2.05, 4.69) is 0 Å². The first-order chi connectivity index (χ1) is 9.00. The molecule has 0 radical (unpaired) electrons. The predicted octanol–water partition coefficient (Wildman–Crippen LogP) is 5.28. The quantitative estimate of drug-likeness (QED) is 0.677. The number of rotatable bonds is 3. The van der Waals surface area contributed by atoms with Crippen LogP contribution in [0.5, 0.6) is 0 Å². The highest BCUT2D eigenvalue weighted by Gasteiger charge is 2.18. The Kier molecular flexibility index (Phi) is 4.38. The molecule has 1 atom stereocenters. The van der Waals surface area contributed by atoms with E-state index in [1.165, 1.54) is 24.3 Å². The fraction of sp³-hybridized carbons (Fsp3) is 0.143. The molecule has 0 heterocycles. The highest BCUT2D eigenvalue weighted by molar-refractivity contribution is 6.33. The van der Waals surface area contributed by atoms with Crippen molar-refractivity contribution in [3.8, 4) is 0 Å². The summed E-state index contributed by atoms with van der Waals surface area (Å²) in [7, 11) is 0. The van der Waals surface area contributed by atoms with Gasteiger partial charge < -0.3 is 0 Å². The lowest BCUT2D eigenvalue weighted by Gasteiger charge is -2.13. The number of hydrogen-bond donors (Lipinski definition) is 0. The molecule has 5 heteroatoms. The van der Waals surface area contributed by atoms with E-state index in [-0.39, 0.29) is 17.0 Å². The van der Waals surface area contributed by atoms with Crippen LogP contribution in [-0.4, -0.2) is 0 Å². The molecule has 0 amide bonds. The van der Waals surface area contributed by atoms with Gasteiger partial charge in [-0.3, -0.25) is 0 Å². The van der Waals surface area contributed by atoms with Crippen molar-refractivity contribution >= 4 is 23.2 Å². The molecule has 1 unspecified atom stereocenters. The molecule has 0 aliphatic carbocycles. The first-order valence-electron chi connectivity index (χ1n) is 5.51. The van der Waals surface area contributed by atoms with E-state index in [1.807, 2.05) is 0 Å². The smallest absolute Gasteiger partial charge is 0.162 e. The molecule has 0 aliphatic heterocycles. The molecule has 0 N–H and O–H groups in total. The molecule has 0 spiro atoms. The zero-order valence-corrected chi connectivity index (χ0v) is 11.2. The molecule has 0 fully saturated rings. The normalized spacial score (nSPS) is 12.5. The van der Waals surface area contributed by atoms with Gasteiger partial charge in [-0.2, -0.15) is 0 Å². The summed E-state index contributed by atoms with van der Waals surface area (Å²) < 4.78 is 39.9. The third-order valence-electron chi connectivity index (χ3n) is 2.75. The van der Waals surface area contributed by atoms with Crippen molar-refractivity contribution in [1.29, 1.82) is 0 Å². The van der Waals surface area contributed by atoms with Crippen molar-refractivity contribution in [3.63, 3.8) is 0 Å². The van der Waals surface area contributed by atoms with E-state index in [4.69, 9.17) is 23.2 Å². The summed E-state index contributed by atoms with van der Waals surface area (Å²) in [6, 6.07) is 8.08. The summed E-state index contributed by atoms with van der Waals surface area (Å²) in [5.74, 6) is -2.48. The van der Waals surface area contributed by atoms with Crippen LogP contribution in [0.4, 0.5) is 13.2 Å². The van der Waals surface area contributed by atoms with Crippen LogP contribution in [0.25, 0.3) is 0 Å². The number of alkyl halides is 1. The molecule has 100 valence electrons. The highest BCUT2D eigenvalue weighted by Crippen LogP contribution is 2.32. The Morgan fingerprint density at radius 3 is 2.32 bits per heavy atom. The number of hydrogen-bond acceptors (Lipinski definition) is 0. The summed E-state index contributed by atoms with van der Waals surface area (Å²) >= 11 is 11.9. The van der Waals surface area contributed by atoms with Gasteiger partial charge in [0, 0.05) is 0 Å². The first-order valence-corrected chi connectivity index (χ1v) is 6.33. The van der Waals surface area contributed by atoms with Gasteiger partial charge in [-0.1, -0.05) is 35.9 Å². The van der Waals surface area contributed by atoms with Crippen LogP contribution < -0.4 is 0 Å². The minimum atomic E-state index is -0.944. The van der Waals surface area contributed by atoms with Crippen molar-refractivity contribution in [1.82, 2.24) is 0 Å². The van der Waals surface area contributed by atoms with Crippen LogP contribution >= 0.6 is 23.2 Å². The maximum absolute atomic E-state index is 13.5. The monoisotopic (exact) mass is 304 g/mol. The summed E-state index contributed by atoms with van der Waals surface area (Å²) in [5, 5.41) is -0.834. The molecule has 0 aliphatic rings. The minimum absolute atomic E-state index is 0.0221. The molecule has 2 aromatic carbocycles. The fourth-order valence-electron chi connectivity index (χ4n) is 1.77. The van der Waals surface area contributed by atoms with Gasteiger partial charge in [0.25, 0.3) is 0 Å². The summed E-state index contributed by atoms with van der Waals surface area (Å²) in [5.41, 5.74) is 0.479. The van der Waals surface area contributed by atoms with Gasteiger partial charge in [-0.05, 0) is 29.7 Å². The Morgan fingerprint density at radius 2 is 1.58 bits per heavy atom. The summed E-state index contributed by atoms with van der Waals surface area (Å²) in [6.07, 6.45) is 0.0221. The molecule has 0 aromatic heterocycles. The van der Waals surface area contributed by atoms with Gasteiger partial charge in [-0.15, -0.1) is 11.6 Å². The number of halogens is 5. The van der Waals surface area contributed by atoms with Gasteiger partial charge in [0.1, 0.15) is 5.82 Å². The van der Waals surface area contributed by atoms with Crippen molar-refractivity contribution < 1.29 is 13.2 Å². The highest BCUT2D eigenvalue weighted by atomic mass is 35.5. The average molecular weight is 305 g/mol. The SMILES string of the molecule is Fc1cccc(CC(Cl)c2cccc(F)c2Cl)c1F. The Morgan fingerprint density at radius 1 is 0.947 bits per heavy atom. The summed E-state index contributed by atoms with van der Waals surface area (Å²) in [4.78, 5) is 0. The lowest BCUT2D eigenvalue weighted by atomic mass is 10.0. The molecule has 19 heavy (non-hydrogen) atoms. The summed E-state index contributed by atoms with van der Waals surface area (Å²) in [6.45, 7) is 0. The Labute approximate surface area is 118 Å². The molecule has 2 rings (SSSR count). The second kappa shape index (κ2) is 5.85. The van der Waals surface area contributed by atoms with Crippen LogP contribution in [0.1, 0.15) is 16.5 Å². The van der Waals surface area contributed by atoms with Crippen LogP contribution in [0.15, 0.2) is 36.4 Å². The average Bonchev–Trinajstić information content (AvgIpc) is 2.38. The van der Waals surface area contributed by atoms with Crippen molar-refractivity contribution in [2.24, 2.45) is 0 Å². The molecule has 0 saturated heterocycles. The first kappa shape index (κ1) is 14.2. The van der Waals surface area contributed by atoms with Gasteiger partial charge in [0.05, 0.1) is 10.4 Å². The largest absolute Gasteiger partial charge is 0.205 e. The molecule has 0 bridgehead atoms. The maximum Gasteiger partial charge on any atom is 0.162 e. The van der Waals surface area contributed by atoms with E-state index in [9.17, 15) is 13.2 Å². The van der Waals surface area contributed by atoms with Gasteiger partial charge >= 0.3 is 0 Å². The molecule has 2 aromatic rings. The Balaban J connectivity index is 2.28. The third-order valence-corrected chi connectivity index (χ3v) is 3.54. The number of benzene rings is 2. The standard InChI is InChI=1S/C14H9Cl2F3/c15-10(9-4-2-5-11(17)13(9)16)7-8-3-1-6-12(18)14(8)19/h1-6,10H,7H2. The molecular formula is C14H9Cl2F3. The van der Waals surface area contributed by atoms with Crippen molar-refractivity contribution in [3.05, 3.63) is 70.0 Å². The van der Waals surface area contributed by atoms with E-state index in [0.29, 0.717) is 5.56 Å². The second-order valence-electron chi connectivity index (χ2n) is 4.03. The Hall–Kier alpha value is -1.19. The zero-order valence-electron chi connectivity index (χ0n) is 9.64. The topological polar surface area (TPSA) is 0 Å². The Bertz CT molecular complexity index is 599. The van der Waals surface area contributed by atoms with Gasteiger partial charge in [-0.25, -0.2) is 13.2 Å². The lowest BCUT2D eigenvalue weighted by Crippen LogP contribution is -2.01. The second-order valence-corrected chi connectivity index (χ2v) is 4.93. The van der Waals surface area contributed by atoms with Crippen LogP contribution in [0.3, 0.4) is 0 Å². The van der Waals surface area contributed by atoms with E-state index >= 15 is 0 Å². The van der Waals surface area contributed by atoms with Crippen LogP contribution in [0, 0.1) is 17.5 Å². The van der Waals surface area contributed by atoms with Crippen molar-refractivity contribution in [2.45, 2.75) is 11.8 Å². The van der Waals surface area contributed by atoms with Gasteiger partial charge in [0.2, 0.25) is 0 Å². The third kappa shape index (κ3) is 3.04. The van der Waals surface area contributed by atoms with Gasteiger partial charge in [0.15, 0.2) is 11.6 Å². The molecule has 0 saturated carbocycles.